The van der Waals surface area contributed by atoms with Crippen molar-refractivity contribution in [2.45, 2.75) is 32.4 Å². The molecule has 0 spiro atoms. The molecule has 0 aliphatic carbocycles. The van der Waals surface area contributed by atoms with Crippen molar-refractivity contribution in [3.63, 3.8) is 0 Å². The number of nitrogens with one attached hydrogen (secondary N) is 2. The number of hydrogen-bond acceptors (Lipinski definition) is 3. The molecule has 8 heteroatoms. The number of aromatic nitrogens is 1. The second-order valence-corrected chi connectivity index (χ2v) is 7.64. The zero-order chi connectivity index (χ0) is 16.3. The summed E-state index contributed by atoms with van der Waals surface area (Å²) >= 11 is 0. The maximum atomic E-state index is 12.2. The maximum Gasteiger partial charge on any atom is 0.317 e. The second kappa shape index (κ2) is 6.70. The summed E-state index contributed by atoms with van der Waals surface area (Å²) in [6.07, 6.45) is 2.70. The fraction of sp³-hybridized carbons (Fsp3) is 0.643. The van der Waals surface area contributed by atoms with Crippen LogP contribution in [0.4, 0.5) is 4.79 Å². The van der Waals surface area contributed by atoms with Crippen molar-refractivity contribution in [2.75, 3.05) is 19.3 Å². The van der Waals surface area contributed by atoms with E-state index in [0.29, 0.717) is 19.6 Å². The summed E-state index contributed by atoms with van der Waals surface area (Å²) < 4.78 is 27.2. The Balaban J connectivity index is 1.88. The van der Waals surface area contributed by atoms with Gasteiger partial charge in [0.1, 0.15) is 0 Å². The van der Waals surface area contributed by atoms with Crippen LogP contribution >= 0.6 is 0 Å². The Bertz CT molecular complexity index is 639. The van der Waals surface area contributed by atoms with Gasteiger partial charge >= 0.3 is 6.03 Å². The van der Waals surface area contributed by atoms with Crippen molar-refractivity contribution in [3.8, 4) is 0 Å². The Hall–Kier alpha value is -1.54. The number of piperidine rings is 1. The van der Waals surface area contributed by atoms with Gasteiger partial charge in [-0.05, 0) is 31.9 Å². The van der Waals surface area contributed by atoms with Crippen molar-refractivity contribution < 1.29 is 13.2 Å². The van der Waals surface area contributed by atoms with Crippen LogP contribution in [-0.4, -0.2) is 49.3 Å². The Morgan fingerprint density at radius 2 is 2.14 bits per heavy atom. The third kappa shape index (κ3) is 4.48. The molecule has 2 heterocycles. The Labute approximate surface area is 131 Å². The van der Waals surface area contributed by atoms with Gasteiger partial charge in [-0.2, -0.15) is 0 Å². The molecule has 0 radical (unpaired) electrons. The van der Waals surface area contributed by atoms with E-state index in [-0.39, 0.29) is 12.1 Å². The number of rotatable bonds is 4. The van der Waals surface area contributed by atoms with Crippen molar-refractivity contribution in [1.82, 2.24) is 19.5 Å². The third-order valence-electron chi connectivity index (χ3n) is 3.99. The molecular weight excluding hydrogens is 304 g/mol. The number of likely N-dealkylation sites (tertiary alicyclic amines) is 1. The van der Waals surface area contributed by atoms with E-state index in [1.807, 2.05) is 30.7 Å². The van der Waals surface area contributed by atoms with Gasteiger partial charge in [-0.25, -0.2) is 17.9 Å². The lowest BCUT2D eigenvalue weighted by Gasteiger charge is -2.32. The Morgan fingerprint density at radius 1 is 1.41 bits per heavy atom. The summed E-state index contributed by atoms with van der Waals surface area (Å²) in [7, 11) is -1.28. The highest BCUT2D eigenvalue weighted by Gasteiger charge is 2.25. The molecule has 2 N–H and O–H groups in total. The SMILES string of the molecule is Cc1ccc(CNC(=O)N2CCC[C@H](NS(C)(=O)=O)C2)n1C. The number of carbonyl (C=O) groups excluding carboxylic acids is 1. The fourth-order valence-electron chi connectivity index (χ4n) is 2.68. The molecule has 0 saturated carbocycles. The first kappa shape index (κ1) is 16.8. The molecule has 1 saturated heterocycles. The van der Waals surface area contributed by atoms with Gasteiger partial charge in [0.2, 0.25) is 10.0 Å². The van der Waals surface area contributed by atoms with Crippen LogP contribution in [-0.2, 0) is 23.6 Å². The third-order valence-corrected chi connectivity index (χ3v) is 4.75. The quantitative estimate of drug-likeness (QED) is 0.847. The second-order valence-electron chi connectivity index (χ2n) is 5.86. The van der Waals surface area contributed by atoms with Crippen molar-refractivity contribution in [3.05, 3.63) is 23.5 Å². The first-order chi connectivity index (χ1) is 10.3. The first-order valence-corrected chi connectivity index (χ1v) is 9.26. The molecule has 22 heavy (non-hydrogen) atoms. The topological polar surface area (TPSA) is 83.4 Å². The monoisotopic (exact) mass is 328 g/mol. The number of sulfonamides is 1. The molecule has 7 nitrogen and oxygen atoms in total. The molecule has 1 aromatic rings. The largest absolute Gasteiger partial charge is 0.350 e. The van der Waals surface area contributed by atoms with Crippen molar-refractivity contribution in [2.24, 2.45) is 7.05 Å². The summed E-state index contributed by atoms with van der Waals surface area (Å²) in [5.74, 6) is 0. The summed E-state index contributed by atoms with van der Waals surface area (Å²) in [6.45, 7) is 3.53. The summed E-state index contributed by atoms with van der Waals surface area (Å²) in [5, 5.41) is 2.90. The Kier molecular flexibility index (Phi) is 5.12. The van der Waals surface area contributed by atoms with E-state index in [0.717, 1.165) is 30.5 Å². The standard InChI is InChI=1S/C14H24N4O3S/c1-11-6-7-13(17(11)2)9-15-14(19)18-8-4-5-12(10-18)16-22(3,20)21/h6-7,12,16H,4-5,8-10H2,1-3H3,(H,15,19)/t12-/m0/s1. The predicted molar refractivity (Wildman–Crippen MR) is 85.0 cm³/mol. The van der Waals surface area contributed by atoms with Gasteiger partial charge in [-0.1, -0.05) is 0 Å². The van der Waals surface area contributed by atoms with Gasteiger partial charge in [-0.3, -0.25) is 0 Å². The smallest absolute Gasteiger partial charge is 0.317 e. The number of hydrogen-bond donors (Lipinski definition) is 2. The molecule has 1 atom stereocenters. The number of carbonyl (C=O) groups is 1. The molecule has 2 rings (SSSR count). The van der Waals surface area contributed by atoms with E-state index < -0.39 is 10.0 Å². The van der Waals surface area contributed by atoms with Crippen LogP contribution in [0.1, 0.15) is 24.2 Å². The lowest BCUT2D eigenvalue weighted by Crippen LogP contribution is -2.51. The minimum absolute atomic E-state index is 0.154. The molecule has 0 unspecified atom stereocenters. The van der Waals surface area contributed by atoms with Crippen molar-refractivity contribution in [1.29, 1.82) is 0 Å². The molecule has 2 amide bonds. The Morgan fingerprint density at radius 3 is 2.73 bits per heavy atom. The zero-order valence-electron chi connectivity index (χ0n) is 13.3. The van der Waals surface area contributed by atoms with Crippen LogP contribution in [0, 0.1) is 6.92 Å². The average Bonchev–Trinajstić information content (AvgIpc) is 2.74. The highest BCUT2D eigenvalue weighted by molar-refractivity contribution is 7.88. The minimum atomic E-state index is -3.24. The molecule has 0 aromatic carbocycles. The summed E-state index contributed by atoms with van der Waals surface area (Å²) in [4.78, 5) is 13.9. The molecular formula is C14H24N4O3S. The van der Waals surface area contributed by atoms with Gasteiger partial charge in [0.15, 0.2) is 0 Å². The van der Waals surface area contributed by atoms with Gasteiger partial charge in [0, 0.05) is 37.6 Å². The lowest BCUT2D eigenvalue weighted by atomic mass is 10.1. The van der Waals surface area contributed by atoms with Crippen molar-refractivity contribution >= 4 is 16.1 Å². The lowest BCUT2D eigenvalue weighted by molar-refractivity contribution is 0.177. The predicted octanol–water partition coefficient (Wildman–Crippen LogP) is 0.557. The zero-order valence-corrected chi connectivity index (χ0v) is 14.1. The fourth-order valence-corrected chi connectivity index (χ4v) is 3.48. The van der Waals surface area contributed by atoms with Gasteiger partial charge in [0.05, 0.1) is 12.8 Å². The minimum Gasteiger partial charge on any atom is -0.350 e. The number of amides is 2. The number of urea groups is 1. The van der Waals surface area contributed by atoms with Crippen LogP contribution in [0.15, 0.2) is 12.1 Å². The van der Waals surface area contributed by atoms with E-state index in [1.165, 1.54) is 0 Å². The van der Waals surface area contributed by atoms with E-state index in [9.17, 15) is 13.2 Å². The van der Waals surface area contributed by atoms with E-state index in [4.69, 9.17) is 0 Å². The molecule has 124 valence electrons. The summed E-state index contributed by atoms with van der Waals surface area (Å²) in [6, 6.07) is 3.64. The van der Waals surface area contributed by atoms with Crippen LogP contribution in [0.25, 0.3) is 0 Å². The number of aryl methyl sites for hydroxylation is 1. The van der Waals surface area contributed by atoms with Gasteiger partial charge in [-0.15, -0.1) is 0 Å². The van der Waals surface area contributed by atoms with E-state index >= 15 is 0 Å². The highest BCUT2D eigenvalue weighted by atomic mass is 32.2. The van der Waals surface area contributed by atoms with Gasteiger partial charge in [0.25, 0.3) is 0 Å². The highest BCUT2D eigenvalue weighted by Crippen LogP contribution is 2.11. The average molecular weight is 328 g/mol. The number of nitrogens with zero attached hydrogens (tertiary/aromatic N) is 2. The van der Waals surface area contributed by atoms with Crippen LogP contribution in [0.3, 0.4) is 0 Å². The van der Waals surface area contributed by atoms with Crippen LogP contribution in [0.5, 0.6) is 0 Å². The van der Waals surface area contributed by atoms with E-state index in [2.05, 4.69) is 10.0 Å². The van der Waals surface area contributed by atoms with E-state index in [1.54, 1.807) is 4.90 Å². The summed E-state index contributed by atoms with van der Waals surface area (Å²) in [5.41, 5.74) is 2.17. The maximum absolute atomic E-state index is 12.2. The molecule has 1 aliphatic rings. The van der Waals surface area contributed by atoms with Crippen LogP contribution < -0.4 is 10.0 Å². The first-order valence-electron chi connectivity index (χ1n) is 7.37. The van der Waals surface area contributed by atoms with Gasteiger partial charge < -0.3 is 14.8 Å². The molecule has 1 fully saturated rings. The molecule has 1 aliphatic heterocycles. The van der Waals surface area contributed by atoms with Crippen LogP contribution in [0.2, 0.25) is 0 Å². The molecule has 0 bridgehead atoms. The molecule has 1 aromatic heterocycles. The normalized spacial score (nSPS) is 19.2.